The third-order valence-electron chi connectivity index (χ3n) is 6.58. The Labute approximate surface area is 203 Å². The van der Waals surface area contributed by atoms with Crippen LogP contribution >= 0.6 is 0 Å². The topological polar surface area (TPSA) is 109 Å². The second-order valence-electron chi connectivity index (χ2n) is 12.0. The molecule has 0 aliphatic carbocycles. The molecule has 2 saturated heterocycles. The smallest absolute Gasteiger partial charge is 0.330 e. The van der Waals surface area contributed by atoms with E-state index in [1.54, 1.807) is 0 Å². The summed E-state index contributed by atoms with van der Waals surface area (Å²) in [5.74, 6) is -0.517. The van der Waals surface area contributed by atoms with E-state index in [1.165, 1.54) is 22.4 Å². The molecule has 1 aromatic carbocycles. The summed E-state index contributed by atoms with van der Waals surface area (Å²) in [7, 11) is 0. The van der Waals surface area contributed by atoms with Crippen LogP contribution in [0.5, 0.6) is 0 Å². The third-order valence-corrected chi connectivity index (χ3v) is 6.58. The van der Waals surface area contributed by atoms with E-state index in [0.717, 1.165) is 11.1 Å². The number of aromatic amines is 1. The van der Waals surface area contributed by atoms with Crippen LogP contribution in [-0.4, -0.2) is 32.5 Å². The molecule has 188 valence electrons. The number of H-pyrrole nitrogens is 1. The number of oxazole rings is 1. The van der Waals surface area contributed by atoms with Gasteiger partial charge in [-0.05, 0) is 36.3 Å². The fourth-order valence-corrected chi connectivity index (χ4v) is 4.79. The van der Waals surface area contributed by atoms with Gasteiger partial charge in [-0.1, -0.05) is 47.6 Å². The minimum Gasteiger partial charge on any atom is -0.437 e. The molecule has 4 heterocycles. The molecule has 35 heavy (non-hydrogen) atoms. The van der Waals surface area contributed by atoms with Crippen molar-refractivity contribution >= 4 is 11.1 Å². The summed E-state index contributed by atoms with van der Waals surface area (Å²) in [6, 6.07) is 5.53. The molecule has 1 N–H and O–H groups in total. The summed E-state index contributed by atoms with van der Waals surface area (Å²) in [6.07, 6.45) is -1.27. The quantitative estimate of drug-likeness (QED) is 0.585. The standard InChI is InChI=1S/C26H33N3O6/c1-24(2,3)13-11-14(25(4,5)6)17-15(12-13)27-21(32-17)19-18-20(35-26(7,8)34-18)22(33-19)29-10-9-16(30)28-23(29)31/h9-12,18-20,22H,1-8H3,(H,28,30,31)/t18-,19+,20-,22-/m1/s1. The summed E-state index contributed by atoms with van der Waals surface area (Å²) in [5.41, 5.74) is 2.39. The lowest BCUT2D eigenvalue weighted by Gasteiger charge is -2.24. The van der Waals surface area contributed by atoms with Gasteiger partial charge < -0.3 is 18.6 Å². The SMILES string of the molecule is CC1(C)O[C@@H]2[C@H](O1)[C@@H](c1nc3cc(C(C)(C)C)cc(C(C)(C)C)c3o1)O[C@H]2n1ccc(=O)[nH]c1=O. The van der Waals surface area contributed by atoms with Gasteiger partial charge in [-0.25, -0.2) is 9.78 Å². The van der Waals surface area contributed by atoms with Crippen LogP contribution < -0.4 is 11.2 Å². The molecule has 2 aliphatic rings. The van der Waals surface area contributed by atoms with Crippen molar-refractivity contribution in [1.29, 1.82) is 0 Å². The summed E-state index contributed by atoms with van der Waals surface area (Å²) in [5, 5.41) is 0. The molecule has 5 rings (SSSR count). The molecular formula is C26H33N3O6. The van der Waals surface area contributed by atoms with Crippen LogP contribution in [-0.2, 0) is 25.0 Å². The van der Waals surface area contributed by atoms with Crippen LogP contribution in [0, 0.1) is 0 Å². The molecule has 0 amide bonds. The number of fused-ring (bicyclic) bond motifs is 2. The van der Waals surface area contributed by atoms with Crippen molar-refractivity contribution in [2.45, 2.75) is 96.5 Å². The molecule has 0 spiro atoms. The maximum Gasteiger partial charge on any atom is 0.330 e. The number of benzene rings is 1. The van der Waals surface area contributed by atoms with Gasteiger partial charge in [0.2, 0.25) is 5.89 Å². The van der Waals surface area contributed by atoms with Crippen molar-refractivity contribution in [3.63, 3.8) is 0 Å². The maximum atomic E-state index is 12.5. The molecule has 0 radical (unpaired) electrons. The van der Waals surface area contributed by atoms with Crippen LogP contribution in [0.1, 0.15) is 84.7 Å². The van der Waals surface area contributed by atoms with Gasteiger partial charge in [-0.2, -0.15) is 0 Å². The lowest BCUT2D eigenvalue weighted by Crippen LogP contribution is -2.37. The summed E-state index contributed by atoms with van der Waals surface area (Å²) < 4.78 is 26.3. The average Bonchev–Trinajstić information content (AvgIpc) is 3.36. The largest absolute Gasteiger partial charge is 0.437 e. The number of nitrogens with zero attached hydrogens (tertiary/aromatic N) is 2. The second kappa shape index (κ2) is 7.62. The first kappa shape index (κ1) is 24.0. The monoisotopic (exact) mass is 483 g/mol. The zero-order chi connectivity index (χ0) is 25.5. The molecule has 0 saturated carbocycles. The Kier molecular flexibility index (Phi) is 5.22. The van der Waals surface area contributed by atoms with E-state index in [9.17, 15) is 9.59 Å². The van der Waals surface area contributed by atoms with Crippen LogP contribution in [0.3, 0.4) is 0 Å². The molecule has 2 fully saturated rings. The van der Waals surface area contributed by atoms with E-state index in [-0.39, 0.29) is 10.8 Å². The van der Waals surface area contributed by atoms with Gasteiger partial charge >= 0.3 is 5.69 Å². The normalized spacial score (nSPS) is 26.4. The minimum absolute atomic E-state index is 0.0643. The zero-order valence-electron chi connectivity index (χ0n) is 21.5. The van der Waals surface area contributed by atoms with E-state index >= 15 is 0 Å². The van der Waals surface area contributed by atoms with E-state index in [0.29, 0.717) is 11.5 Å². The number of hydrogen-bond acceptors (Lipinski definition) is 7. The fourth-order valence-electron chi connectivity index (χ4n) is 4.79. The predicted molar refractivity (Wildman–Crippen MR) is 129 cm³/mol. The van der Waals surface area contributed by atoms with E-state index in [1.807, 2.05) is 13.8 Å². The van der Waals surface area contributed by atoms with E-state index in [4.69, 9.17) is 23.6 Å². The molecule has 0 bridgehead atoms. The van der Waals surface area contributed by atoms with Crippen molar-refractivity contribution in [2.24, 2.45) is 0 Å². The van der Waals surface area contributed by atoms with Gasteiger partial charge in [-0.15, -0.1) is 0 Å². The van der Waals surface area contributed by atoms with Crippen molar-refractivity contribution in [2.75, 3.05) is 0 Å². The number of rotatable bonds is 2. The molecule has 3 aromatic rings. The van der Waals surface area contributed by atoms with Crippen LogP contribution in [0.25, 0.3) is 11.1 Å². The molecule has 2 aromatic heterocycles. The number of ether oxygens (including phenoxy) is 3. The second-order valence-corrected chi connectivity index (χ2v) is 12.0. The highest BCUT2D eigenvalue weighted by molar-refractivity contribution is 5.79. The van der Waals surface area contributed by atoms with E-state index < -0.39 is 41.6 Å². The van der Waals surface area contributed by atoms with Crippen LogP contribution in [0.4, 0.5) is 0 Å². The highest BCUT2D eigenvalue weighted by Gasteiger charge is 2.58. The Morgan fingerprint density at radius 3 is 2.31 bits per heavy atom. The van der Waals surface area contributed by atoms with E-state index in [2.05, 4.69) is 58.7 Å². The lowest BCUT2D eigenvalue weighted by atomic mass is 9.80. The number of nitrogens with one attached hydrogen (secondary N) is 1. The fraction of sp³-hybridized carbons (Fsp3) is 0.577. The summed E-state index contributed by atoms with van der Waals surface area (Å²) in [4.78, 5) is 31.2. The highest BCUT2D eigenvalue weighted by Crippen LogP contribution is 2.49. The first-order chi connectivity index (χ1) is 16.1. The molecule has 9 nitrogen and oxygen atoms in total. The molecule has 0 unspecified atom stereocenters. The minimum atomic E-state index is -0.886. The Bertz CT molecular complexity index is 1400. The Balaban J connectivity index is 1.63. The molecule has 2 aliphatic heterocycles. The number of hydrogen-bond donors (Lipinski definition) is 1. The first-order valence-corrected chi connectivity index (χ1v) is 11.9. The Morgan fingerprint density at radius 1 is 1.00 bits per heavy atom. The van der Waals surface area contributed by atoms with Gasteiger partial charge in [-0.3, -0.25) is 14.3 Å². The zero-order valence-corrected chi connectivity index (χ0v) is 21.5. The average molecular weight is 484 g/mol. The maximum absolute atomic E-state index is 12.5. The molecule has 9 heteroatoms. The van der Waals surface area contributed by atoms with Crippen molar-refractivity contribution in [3.8, 4) is 0 Å². The van der Waals surface area contributed by atoms with Gasteiger partial charge in [0, 0.05) is 17.8 Å². The number of aromatic nitrogens is 3. The highest BCUT2D eigenvalue weighted by atomic mass is 16.8. The Hall–Kier alpha value is -2.75. The van der Waals surface area contributed by atoms with Crippen molar-refractivity contribution < 1.29 is 18.6 Å². The first-order valence-electron chi connectivity index (χ1n) is 11.9. The molecule has 4 atom stereocenters. The summed E-state index contributed by atoms with van der Waals surface area (Å²) in [6.45, 7) is 16.6. The lowest BCUT2D eigenvalue weighted by molar-refractivity contribution is -0.200. The van der Waals surface area contributed by atoms with Crippen molar-refractivity contribution in [3.05, 3.63) is 62.3 Å². The Morgan fingerprint density at radius 2 is 1.69 bits per heavy atom. The predicted octanol–water partition coefficient (Wildman–Crippen LogP) is 4.06. The van der Waals surface area contributed by atoms with Crippen LogP contribution in [0.15, 0.2) is 38.4 Å². The molecular weight excluding hydrogens is 450 g/mol. The van der Waals surface area contributed by atoms with Gasteiger partial charge in [0.1, 0.15) is 17.7 Å². The van der Waals surface area contributed by atoms with Gasteiger partial charge in [0.25, 0.3) is 5.56 Å². The third kappa shape index (κ3) is 4.15. The van der Waals surface area contributed by atoms with Gasteiger partial charge in [0.05, 0.1) is 0 Å². The van der Waals surface area contributed by atoms with Crippen LogP contribution in [0.2, 0.25) is 0 Å². The summed E-state index contributed by atoms with van der Waals surface area (Å²) >= 11 is 0. The van der Waals surface area contributed by atoms with Gasteiger partial charge in [0.15, 0.2) is 23.7 Å². The van der Waals surface area contributed by atoms with Crippen molar-refractivity contribution in [1.82, 2.24) is 14.5 Å².